The van der Waals surface area contributed by atoms with Crippen molar-refractivity contribution in [1.82, 2.24) is 5.32 Å². The molecule has 5 heteroatoms. The van der Waals surface area contributed by atoms with Crippen LogP contribution < -0.4 is 5.32 Å². The van der Waals surface area contributed by atoms with Crippen LogP contribution >= 0.6 is 0 Å². The molecule has 0 aromatic rings. The minimum absolute atomic E-state index is 0.313. The van der Waals surface area contributed by atoms with Gasteiger partial charge in [0.25, 0.3) is 0 Å². The molecule has 0 saturated heterocycles. The number of aliphatic hydroxyl groups is 1. The minimum atomic E-state index is -0.923. The van der Waals surface area contributed by atoms with Crippen molar-refractivity contribution in [2.45, 2.75) is 45.8 Å². The first-order valence-corrected chi connectivity index (χ1v) is 5.40. The van der Waals surface area contributed by atoms with Gasteiger partial charge in [0, 0.05) is 19.0 Å². The second-order valence-electron chi connectivity index (χ2n) is 4.90. The molecular formula is C11H23BN2O2. The Morgan fingerprint density at radius 3 is 2.19 bits per heavy atom. The van der Waals surface area contributed by atoms with Crippen LogP contribution in [-0.4, -0.2) is 37.1 Å². The second kappa shape index (κ2) is 5.50. The van der Waals surface area contributed by atoms with E-state index in [1.807, 2.05) is 20.8 Å². The standard InChI is InChI=1S/C11H23BN2O2/c1-8(14-6)9(7-13)12-16-11(4,5)10(2,3)15/h7,12-15H,1-6H3/b9-8+,13-7?. The van der Waals surface area contributed by atoms with Crippen LogP contribution in [0.2, 0.25) is 0 Å². The largest absolute Gasteiger partial charge is 0.427 e. The molecule has 0 heterocycles. The van der Waals surface area contributed by atoms with Gasteiger partial charge in [0.2, 0.25) is 0 Å². The molecular weight excluding hydrogens is 203 g/mol. The van der Waals surface area contributed by atoms with E-state index in [1.54, 1.807) is 20.9 Å². The quantitative estimate of drug-likeness (QED) is 0.467. The fourth-order valence-electron chi connectivity index (χ4n) is 0.854. The molecule has 0 fully saturated rings. The summed E-state index contributed by atoms with van der Waals surface area (Å²) in [5, 5.41) is 20.2. The van der Waals surface area contributed by atoms with Crippen molar-refractivity contribution in [3.63, 3.8) is 0 Å². The lowest BCUT2D eigenvalue weighted by atomic mass is 9.81. The Morgan fingerprint density at radius 1 is 1.38 bits per heavy atom. The van der Waals surface area contributed by atoms with Gasteiger partial charge in [-0.2, -0.15) is 0 Å². The molecule has 0 saturated carbocycles. The number of nitrogens with one attached hydrogen (secondary N) is 2. The summed E-state index contributed by atoms with van der Waals surface area (Å²) in [7, 11) is 2.12. The molecule has 0 bridgehead atoms. The molecule has 0 radical (unpaired) electrons. The maximum atomic E-state index is 9.91. The minimum Gasteiger partial charge on any atom is -0.427 e. The van der Waals surface area contributed by atoms with Gasteiger partial charge in [-0.25, -0.2) is 0 Å². The molecule has 3 N–H and O–H groups in total. The van der Waals surface area contributed by atoms with Crippen LogP contribution in [0.3, 0.4) is 0 Å². The molecule has 0 aliphatic heterocycles. The fraction of sp³-hybridized carbons (Fsp3) is 0.727. The predicted octanol–water partition coefficient (Wildman–Crippen LogP) is 1.00. The summed E-state index contributed by atoms with van der Waals surface area (Å²) in [5.41, 5.74) is 0.101. The van der Waals surface area contributed by atoms with Crippen LogP contribution in [0.1, 0.15) is 34.6 Å². The van der Waals surface area contributed by atoms with E-state index in [4.69, 9.17) is 10.1 Å². The average molecular weight is 226 g/mol. The van der Waals surface area contributed by atoms with Crippen molar-refractivity contribution in [2.75, 3.05) is 7.05 Å². The summed E-state index contributed by atoms with van der Waals surface area (Å²) in [6.45, 7) is 8.99. The third kappa shape index (κ3) is 3.98. The van der Waals surface area contributed by atoms with Gasteiger partial charge in [-0.3, -0.25) is 0 Å². The van der Waals surface area contributed by atoms with Crippen molar-refractivity contribution < 1.29 is 9.76 Å². The summed E-state index contributed by atoms with van der Waals surface area (Å²) >= 11 is 0. The maximum Gasteiger partial charge on any atom is 0.312 e. The number of rotatable bonds is 6. The van der Waals surface area contributed by atoms with Crippen LogP contribution in [0.15, 0.2) is 11.2 Å². The molecule has 0 spiro atoms. The topological polar surface area (TPSA) is 65.3 Å². The van der Waals surface area contributed by atoms with Crippen molar-refractivity contribution >= 4 is 13.7 Å². The van der Waals surface area contributed by atoms with Gasteiger partial charge >= 0.3 is 7.48 Å². The molecule has 92 valence electrons. The third-order valence-corrected chi connectivity index (χ3v) is 3.09. The van der Waals surface area contributed by atoms with E-state index in [0.717, 1.165) is 11.2 Å². The SMILES string of the molecule is CN/C(C)=C(/BOC(C)(C)C(C)(C)O)C=N. The highest BCUT2D eigenvalue weighted by Crippen LogP contribution is 2.24. The monoisotopic (exact) mass is 226 g/mol. The summed E-state index contributed by atoms with van der Waals surface area (Å²) in [4.78, 5) is 0. The van der Waals surface area contributed by atoms with E-state index >= 15 is 0 Å². The van der Waals surface area contributed by atoms with Crippen LogP contribution in [0, 0.1) is 5.41 Å². The maximum absolute atomic E-state index is 9.91. The lowest BCUT2D eigenvalue weighted by Crippen LogP contribution is -2.48. The summed E-state index contributed by atoms with van der Waals surface area (Å²) in [5.74, 6) is 0. The van der Waals surface area contributed by atoms with Crippen molar-refractivity contribution in [1.29, 1.82) is 5.41 Å². The van der Waals surface area contributed by atoms with Gasteiger partial charge < -0.3 is 20.5 Å². The van der Waals surface area contributed by atoms with E-state index in [9.17, 15) is 5.11 Å². The first-order valence-electron chi connectivity index (χ1n) is 5.40. The van der Waals surface area contributed by atoms with Crippen LogP contribution in [-0.2, 0) is 4.65 Å². The van der Waals surface area contributed by atoms with Crippen LogP contribution in [0.4, 0.5) is 0 Å². The molecule has 4 nitrogen and oxygen atoms in total. The summed E-state index contributed by atoms with van der Waals surface area (Å²) in [6.07, 6.45) is 1.27. The predicted molar refractivity (Wildman–Crippen MR) is 69.2 cm³/mol. The number of hydrogen-bond acceptors (Lipinski definition) is 4. The zero-order valence-corrected chi connectivity index (χ0v) is 11.1. The second-order valence-corrected chi connectivity index (χ2v) is 4.90. The Bertz CT molecular complexity index is 280. The van der Waals surface area contributed by atoms with E-state index in [2.05, 4.69) is 5.32 Å². The van der Waals surface area contributed by atoms with Crippen molar-refractivity contribution in [2.24, 2.45) is 0 Å². The Labute approximate surface area is 98.9 Å². The molecule has 0 atom stereocenters. The smallest absolute Gasteiger partial charge is 0.312 e. The van der Waals surface area contributed by atoms with Gasteiger partial charge in [-0.05, 0) is 40.1 Å². The zero-order chi connectivity index (χ0) is 13.0. The highest BCUT2D eigenvalue weighted by atomic mass is 16.5. The first-order chi connectivity index (χ1) is 7.15. The summed E-state index contributed by atoms with van der Waals surface area (Å²) < 4.78 is 5.67. The van der Waals surface area contributed by atoms with Gasteiger partial charge in [-0.1, -0.05) is 0 Å². The van der Waals surface area contributed by atoms with Crippen LogP contribution in [0.5, 0.6) is 0 Å². The molecule has 0 aliphatic rings. The van der Waals surface area contributed by atoms with Gasteiger partial charge in [0.1, 0.15) is 0 Å². The molecule has 0 amide bonds. The first kappa shape index (κ1) is 15.2. The van der Waals surface area contributed by atoms with E-state index in [1.165, 1.54) is 6.21 Å². The zero-order valence-electron chi connectivity index (χ0n) is 11.1. The van der Waals surface area contributed by atoms with E-state index in [0.29, 0.717) is 7.48 Å². The molecule has 0 aromatic heterocycles. The molecule has 16 heavy (non-hydrogen) atoms. The highest BCUT2D eigenvalue weighted by Gasteiger charge is 2.35. The van der Waals surface area contributed by atoms with Crippen molar-refractivity contribution in [3.8, 4) is 0 Å². The molecule has 0 rings (SSSR count). The van der Waals surface area contributed by atoms with Gasteiger partial charge in [0.05, 0.1) is 11.2 Å². The average Bonchev–Trinajstić information content (AvgIpc) is 2.16. The van der Waals surface area contributed by atoms with E-state index < -0.39 is 11.2 Å². The van der Waals surface area contributed by atoms with Crippen LogP contribution in [0.25, 0.3) is 0 Å². The van der Waals surface area contributed by atoms with Crippen molar-refractivity contribution in [3.05, 3.63) is 11.2 Å². The Hall–Kier alpha value is -0.805. The Morgan fingerprint density at radius 2 is 1.88 bits per heavy atom. The lowest BCUT2D eigenvalue weighted by Gasteiger charge is -2.37. The highest BCUT2D eigenvalue weighted by molar-refractivity contribution is 6.46. The Kier molecular flexibility index (Phi) is 5.22. The molecule has 0 unspecified atom stereocenters. The molecule has 0 aliphatic carbocycles. The van der Waals surface area contributed by atoms with Gasteiger partial charge in [-0.15, -0.1) is 0 Å². The summed E-state index contributed by atoms with van der Waals surface area (Å²) in [6, 6.07) is 0. The normalized spacial score (nSPS) is 14.2. The third-order valence-electron chi connectivity index (χ3n) is 3.09. The number of hydrogen-bond donors (Lipinski definition) is 3. The number of allylic oxidation sites excluding steroid dienone is 2. The Balaban J connectivity index is 4.62. The van der Waals surface area contributed by atoms with Gasteiger partial charge in [0.15, 0.2) is 0 Å². The molecule has 0 aromatic carbocycles. The van der Waals surface area contributed by atoms with E-state index in [-0.39, 0.29) is 0 Å². The fourth-order valence-corrected chi connectivity index (χ4v) is 0.854. The lowest BCUT2D eigenvalue weighted by molar-refractivity contribution is -0.0895.